The quantitative estimate of drug-likeness (QED) is 0.816. The van der Waals surface area contributed by atoms with Crippen LogP contribution >= 0.6 is 23.2 Å². The SMILES string of the molecule is Cc1cc(CNC2CC2)ccc1-c1ccc(Cl)c(Cl)c1. The molecule has 2 aromatic carbocycles. The van der Waals surface area contributed by atoms with Gasteiger partial charge in [0.05, 0.1) is 10.0 Å². The van der Waals surface area contributed by atoms with Crippen molar-refractivity contribution in [2.75, 3.05) is 0 Å². The highest BCUT2D eigenvalue weighted by Crippen LogP contribution is 2.30. The molecule has 0 aromatic heterocycles. The largest absolute Gasteiger partial charge is 0.310 e. The van der Waals surface area contributed by atoms with Crippen LogP contribution in [0.25, 0.3) is 11.1 Å². The fraction of sp³-hybridized carbons (Fsp3) is 0.294. The van der Waals surface area contributed by atoms with E-state index >= 15 is 0 Å². The summed E-state index contributed by atoms with van der Waals surface area (Å²) in [5.41, 5.74) is 4.91. The second kappa shape index (κ2) is 5.77. The van der Waals surface area contributed by atoms with Crippen LogP contribution in [0.5, 0.6) is 0 Å². The molecule has 20 heavy (non-hydrogen) atoms. The third-order valence-electron chi connectivity index (χ3n) is 3.69. The summed E-state index contributed by atoms with van der Waals surface area (Å²) in [6.07, 6.45) is 2.64. The van der Waals surface area contributed by atoms with E-state index in [0.29, 0.717) is 10.0 Å². The second-order valence-electron chi connectivity index (χ2n) is 5.43. The highest BCUT2D eigenvalue weighted by molar-refractivity contribution is 6.42. The van der Waals surface area contributed by atoms with Crippen molar-refractivity contribution in [2.45, 2.75) is 32.4 Å². The number of nitrogens with one attached hydrogen (secondary N) is 1. The van der Waals surface area contributed by atoms with Crippen molar-refractivity contribution in [2.24, 2.45) is 0 Å². The van der Waals surface area contributed by atoms with Crippen LogP contribution in [-0.2, 0) is 6.54 Å². The van der Waals surface area contributed by atoms with E-state index < -0.39 is 0 Å². The van der Waals surface area contributed by atoms with E-state index in [1.54, 1.807) is 0 Å². The smallest absolute Gasteiger partial charge is 0.0598 e. The van der Waals surface area contributed by atoms with Gasteiger partial charge in [-0.05, 0) is 54.2 Å². The number of hydrogen-bond acceptors (Lipinski definition) is 1. The van der Waals surface area contributed by atoms with E-state index in [1.165, 1.54) is 29.5 Å². The number of aryl methyl sites for hydroxylation is 1. The first-order chi connectivity index (χ1) is 9.63. The molecule has 1 aliphatic rings. The van der Waals surface area contributed by atoms with Gasteiger partial charge >= 0.3 is 0 Å². The van der Waals surface area contributed by atoms with Gasteiger partial charge in [0.1, 0.15) is 0 Å². The molecule has 1 N–H and O–H groups in total. The topological polar surface area (TPSA) is 12.0 Å². The van der Waals surface area contributed by atoms with Crippen LogP contribution in [0.15, 0.2) is 36.4 Å². The van der Waals surface area contributed by atoms with Crippen molar-refractivity contribution in [3.63, 3.8) is 0 Å². The normalized spacial score (nSPS) is 14.6. The molecule has 1 nitrogen and oxygen atoms in total. The molecule has 2 aromatic rings. The minimum Gasteiger partial charge on any atom is -0.310 e. The van der Waals surface area contributed by atoms with Crippen LogP contribution < -0.4 is 5.32 Å². The fourth-order valence-electron chi connectivity index (χ4n) is 2.37. The van der Waals surface area contributed by atoms with Gasteiger partial charge < -0.3 is 5.32 Å². The second-order valence-corrected chi connectivity index (χ2v) is 6.25. The predicted molar refractivity (Wildman–Crippen MR) is 86.5 cm³/mol. The lowest BCUT2D eigenvalue weighted by Gasteiger charge is -2.10. The average molecular weight is 306 g/mol. The third-order valence-corrected chi connectivity index (χ3v) is 4.43. The molecular formula is C17H17Cl2N. The average Bonchev–Trinajstić information content (AvgIpc) is 3.24. The van der Waals surface area contributed by atoms with E-state index in [1.807, 2.05) is 18.2 Å². The standard InChI is InChI=1S/C17H17Cl2N/c1-11-8-12(10-20-14-4-5-14)2-6-15(11)13-3-7-16(18)17(19)9-13/h2-3,6-9,14,20H,4-5,10H2,1H3. The van der Waals surface area contributed by atoms with Crippen molar-refractivity contribution in [3.8, 4) is 11.1 Å². The summed E-state index contributed by atoms with van der Waals surface area (Å²) in [4.78, 5) is 0. The Morgan fingerprint density at radius 2 is 1.85 bits per heavy atom. The van der Waals surface area contributed by atoms with Crippen LogP contribution in [0.2, 0.25) is 10.0 Å². The van der Waals surface area contributed by atoms with E-state index in [0.717, 1.165) is 18.2 Å². The van der Waals surface area contributed by atoms with Gasteiger partial charge in [-0.2, -0.15) is 0 Å². The maximum Gasteiger partial charge on any atom is 0.0598 e. The van der Waals surface area contributed by atoms with Gasteiger partial charge in [0.25, 0.3) is 0 Å². The summed E-state index contributed by atoms with van der Waals surface area (Å²) in [5.74, 6) is 0. The molecule has 1 fully saturated rings. The highest BCUT2D eigenvalue weighted by atomic mass is 35.5. The molecule has 3 rings (SSSR count). The lowest BCUT2D eigenvalue weighted by molar-refractivity contribution is 0.687. The molecule has 0 heterocycles. The molecule has 0 spiro atoms. The van der Waals surface area contributed by atoms with Gasteiger partial charge in [0, 0.05) is 12.6 Å². The van der Waals surface area contributed by atoms with E-state index in [9.17, 15) is 0 Å². The van der Waals surface area contributed by atoms with E-state index in [2.05, 4.69) is 30.4 Å². The molecule has 0 amide bonds. The number of hydrogen-bond donors (Lipinski definition) is 1. The molecule has 0 aliphatic heterocycles. The Labute approximate surface area is 129 Å². The number of rotatable bonds is 4. The fourth-order valence-corrected chi connectivity index (χ4v) is 2.67. The molecule has 0 unspecified atom stereocenters. The Bertz CT molecular complexity index is 633. The first-order valence-corrected chi connectivity index (χ1v) is 7.67. The monoisotopic (exact) mass is 305 g/mol. The van der Waals surface area contributed by atoms with Crippen LogP contribution in [0.3, 0.4) is 0 Å². The maximum atomic E-state index is 6.10. The van der Waals surface area contributed by atoms with Crippen LogP contribution in [-0.4, -0.2) is 6.04 Å². The number of halogens is 2. The third kappa shape index (κ3) is 3.17. The molecule has 0 atom stereocenters. The van der Waals surface area contributed by atoms with E-state index in [4.69, 9.17) is 23.2 Å². The van der Waals surface area contributed by atoms with Gasteiger partial charge in [-0.3, -0.25) is 0 Å². The van der Waals surface area contributed by atoms with Crippen LogP contribution in [0.1, 0.15) is 24.0 Å². The van der Waals surface area contributed by atoms with Crippen molar-refractivity contribution in [1.29, 1.82) is 0 Å². The highest BCUT2D eigenvalue weighted by Gasteiger charge is 2.19. The summed E-state index contributed by atoms with van der Waals surface area (Å²) in [6.45, 7) is 3.09. The molecule has 0 radical (unpaired) electrons. The Morgan fingerprint density at radius 3 is 2.50 bits per heavy atom. The minimum absolute atomic E-state index is 0.596. The molecule has 104 valence electrons. The van der Waals surface area contributed by atoms with Crippen molar-refractivity contribution in [3.05, 3.63) is 57.6 Å². The molecule has 1 aliphatic carbocycles. The Balaban J connectivity index is 1.83. The molecule has 3 heteroatoms. The first-order valence-electron chi connectivity index (χ1n) is 6.92. The molecular weight excluding hydrogens is 289 g/mol. The summed E-state index contributed by atoms with van der Waals surface area (Å²) in [7, 11) is 0. The zero-order valence-electron chi connectivity index (χ0n) is 11.4. The Kier molecular flexibility index (Phi) is 4.02. The van der Waals surface area contributed by atoms with Crippen molar-refractivity contribution in [1.82, 2.24) is 5.32 Å². The van der Waals surface area contributed by atoms with Gasteiger partial charge in [0.2, 0.25) is 0 Å². The molecule has 0 bridgehead atoms. The zero-order chi connectivity index (χ0) is 14.1. The maximum absolute atomic E-state index is 6.10. The summed E-state index contributed by atoms with van der Waals surface area (Å²) in [6, 6.07) is 13.1. The Hall–Kier alpha value is -1.02. The minimum atomic E-state index is 0.596. The molecule has 0 saturated heterocycles. The van der Waals surface area contributed by atoms with Gasteiger partial charge in [0.15, 0.2) is 0 Å². The lowest BCUT2D eigenvalue weighted by Crippen LogP contribution is -2.15. The van der Waals surface area contributed by atoms with Crippen molar-refractivity contribution >= 4 is 23.2 Å². The van der Waals surface area contributed by atoms with Crippen LogP contribution in [0, 0.1) is 6.92 Å². The van der Waals surface area contributed by atoms with Crippen molar-refractivity contribution < 1.29 is 0 Å². The first kappa shape index (κ1) is 13.9. The van der Waals surface area contributed by atoms with Crippen LogP contribution in [0.4, 0.5) is 0 Å². The van der Waals surface area contributed by atoms with Gasteiger partial charge in [-0.25, -0.2) is 0 Å². The zero-order valence-corrected chi connectivity index (χ0v) is 12.9. The summed E-state index contributed by atoms with van der Waals surface area (Å²) < 4.78 is 0. The number of benzene rings is 2. The summed E-state index contributed by atoms with van der Waals surface area (Å²) >= 11 is 12.1. The lowest BCUT2D eigenvalue weighted by atomic mass is 9.98. The summed E-state index contributed by atoms with van der Waals surface area (Å²) in [5, 5.41) is 4.73. The molecule has 1 saturated carbocycles. The van der Waals surface area contributed by atoms with E-state index in [-0.39, 0.29) is 0 Å². The predicted octanol–water partition coefficient (Wildman–Crippen LogP) is 5.22. The van der Waals surface area contributed by atoms with Gasteiger partial charge in [-0.1, -0.05) is 47.5 Å². The Morgan fingerprint density at radius 1 is 1.05 bits per heavy atom. The van der Waals surface area contributed by atoms with Gasteiger partial charge in [-0.15, -0.1) is 0 Å².